The molecule has 2 fully saturated rings. The summed E-state index contributed by atoms with van der Waals surface area (Å²) in [4.78, 5) is 25.6. The molecule has 0 aromatic rings. The van der Waals surface area contributed by atoms with Gasteiger partial charge in [0.25, 0.3) is 0 Å². The second-order valence-electron chi connectivity index (χ2n) is 5.35. The zero-order chi connectivity index (χ0) is 13.0. The SMILES string of the molecule is CC(NC(=O)NC1CCCC1)C(=O)N1CCCC1. The van der Waals surface area contributed by atoms with Gasteiger partial charge in [0, 0.05) is 19.1 Å². The van der Waals surface area contributed by atoms with E-state index in [1.165, 1.54) is 12.8 Å². The molecule has 2 aliphatic rings. The van der Waals surface area contributed by atoms with Gasteiger partial charge in [0.2, 0.25) is 5.91 Å². The van der Waals surface area contributed by atoms with Crippen LogP contribution in [0.3, 0.4) is 0 Å². The minimum Gasteiger partial charge on any atom is -0.341 e. The number of amides is 3. The first kappa shape index (κ1) is 13.2. The van der Waals surface area contributed by atoms with Crippen molar-refractivity contribution >= 4 is 11.9 Å². The molecule has 5 nitrogen and oxygen atoms in total. The van der Waals surface area contributed by atoms with Gasteiger partial charge >= 0.3 is 6.03 Å². The van der Waals surface area contributed by atoms with E-state index in [-0.39, 0.29) is 11.9 Å². The van der Waals surface area contributed by atoms with Crippen LogP contribution >= 0.6 is 0 Å². The summed E-state index contributed by atoms with van der Waals surface area (Å²) in [5.74, 6) is 0.0362. The third kappa shape index (κ3) is 3.37. The molecular weight excluding hydrogens is 230 g/mol. The van der Waals surface area contributed by atoms with Crippen LogP contribution in [-0.2, 0) is 4.79 Å². The molecule has 0 aromatic carbocycles. The van der Waals surface area contributed by atoms with E-state index >= 15 is 0 Å². The third-order valence-electron chi connectivity index (χ3n) is 3.83. The number of rotatable bonds is 3. The second kappa shape index (κ2) is 6.07. The lowest BCUT2D eigenvalue weighted by atomic mass is 10.2. The lowest BCUT2D eigenvalue weighted by Crippen LogP contribution is -2.50. The van der Waals surface area contributed by atoms with Crippen molar-refractivity contribution in [1.29, 1.82) is 0 Å². The average Bonchev–Trinajstić information content (AvgIpc) is 2.99. The third-order valence-corrected chi connectivity index (χ3v) is 3.83. The number of nitrogens with zero attached hydrogens (tertiary/aromatic N) is 1. The maximum absolute atomic E-state index is 12.0. The van der Waals surface area contributed by atoms with E-state index in [9.17, 15) is 9.59 Å². The molecule has 1 aliphatic heterocycles. The van der Waals surface area contributed by atoms with Crippen molar-refractivity contribution in [3.05, 3.63) is 0 Å². The number of nitrogens with one attached hydrogen (secondary N) is 2. The minimum absolute atomic E-state index is 0.0362. The van der Waals surface area contributed by atoms with Crippen LogP contribution in [0.1, 0.15) is 45.4 Å². The molecule has 1 saturated heterocycles. The van der Waals surface area contributed by atoms with Gasteiger partial charge in [-0.1, -0.05) is 12.8 Å². The number of urea groups is 1. The van der Waals surface area contributed by atoms with Gasteiger partial charge in [0.1, 0.15) is 6.04 Å². The van der Waals surface area contributed by atoms with Gasteiger partial charge in [-0.15, -0.1) is 0 Å². The molecule has 1 atom stereocenters. The zero-order valence-electron chi connectivity index (χ0n) is 11.1. The summed E-state index contributed by atoms with van der Waals surface area (Å²) in [6, 6.07) is -0.342. The molecule has 2 N–H and O–H groups in total. The van der Waals surface area contributed by atoms with Crippen molar-refractivity contribution in [1.82, 2.24) is 15.5 Å². The maximum atomic E-state index is 12.0. The Labute approximate surface area is 108 Å². The topological polar surface area (TPSA) is 61.4 Å². The van der Waals surface area contributed by atoms with Crippen LogP contribution in [0.4, 0.5) is 4.79 Å². The molecular formula is C13H23N3O2. The molecule has 2 rings (SSSR count). The minimum atomic E-state index is -0.426. The number of hydrogen-bond donors (Lipinski definition) is 2. The van der Waals surface area contributed by atoms with Crippen LogP contribution in [0, 0.1) is 0 Å². The molecule has 18 heavy (non-hydrogen) atoms. The Hall–Kier alpha value is -1.26. The number of likely N-dealkylation sites (tertiary alicyclic amines) is 1. The monoisotopic (exact) mass is 253 g/mol. The largest absolute Gasteiger partial charge is 0.341 e. The lowest BCUT2D eigenvalue weighted by molar-refractivity contribution is -0.131. The van der Waals surface area contributed by atoms with Gasteiger partial charge < -0.3 is 15.5 Å². The summed E-state index contributed by atoms with van der Waals surface area (Å²) in [5, 5.41) is 5.68. The molecule has 0 spiro atoms. The average molecular weight is 253 g/mol. The summed E-state index contributed by atoms with van der Waals surface area (Å²) < 4.78 is 0. The van der Waals surface area contributed by atoms with Crippen LogP contribution < -0.4 is 10.6 Å². The molecule has 0 aromatic heterocycles. The summed E-state index contributed by atoms with van der Waals surface area (Å²) in [5.41, 5.74) is 0. The molecule has 3 amide bonds. The fourth-order valence-corrected chi connectivity index (χ4v) is 2.77. The maximum Gasteiger partial charge on any atom is 0.315 e. The fraction of sp³-hybridized carbons (Fsp3) is 0.846. The van der Waals surface area contributed by atoms with Crippen molar-refractivity contribution in [2.75, 3.05) is 13.1 Å². The standard InChI is InChI=1S/C13H23N3O2/c1-10(12(17)16-8-4-5-9-16)14-13(18)15-11-6-2-3-7-11/h10-11H,2-9H2,1H3,(H2,14,15,18). The highest BCUT2D eigenvalue weighted by Crippen LogP contribution is 2.17. The van der Waals surface area contributed by atoms with Crippen LogP contribution in [0.15, 0.2) is 0 Å². The number of hydrogen-bond acceptors (Lipinski definition) is 2. The summed E-state index contributed by atoms with van der Waals surface area (Å²) in [6.07, 6.45) is 6.64. The number of carbonyl (C=O) groups excluding carboxylic acids is 2. The predicted molar refractivity (Wildman–Crippen MR) is 69.2 cm³/mol. The van der Waals surface area contributed by atoms with Crippen molar-refractivity contribution in [2.24, 2.45) is 0 Å². The van der Waals surface area contributed by atoms with Gasteiger partial charge in [0.05, 0.1) is 0 Å². The Balaban J connectivity index is 1.73. The first-order valence-electron chi connectivity index (χ1n) is 7.02. The Morgan fingerprint density at radius 3 is 2.33 bits per heavy atom. The zero-order valence-corrected chi connectivity index (χ0v) is 11.1. The Kier molecular flexibility index (Phi) is 4.44. The molecule has 0 radical (unpaired) electrons. The lowest BCUT2D eigenvalue weighted by Gasteiger charge is -2.22. The molecule has 102 valence electrons. The van der Waals surface area contributed by atoms with E-state index in [2.05, 4.69) is 10.6 Å². The molecule has 0 bridgehead atoms. The van der Waals surface area contributed by atoms with Gasteiger partial charge in [0.15, 0.2) is 0 Å². The quantitative estimate of drug-likeness (QED) is 0.795. The van der Waals surface area contributed by atoms with Crippen molar-refractivity contribution in [3.63, 3.8) is 0 Å². The van der Waals surface area contributed by atoms with Crippen LogP contribution in [0.2, 0.25) is 0 Å². The van der Waals surface area contributed by atoms with Gasteiger partial charge in [-0.2, -0.15) is 0 Å². The smallest absolute Gasteiger partial charge is 0.315 e. The van der Waals surface area contributed by atoms with E-state index in [0.29, 0.717) is 6.04 Å². The fourth-order valence-electron chi connectivity index (χ4n) is 2.77. The highest BCUT2D eigenvalue weighted by atomic mass is 16.2. The molecule has 1 unspecified atom stereocenters. The summed E-state index contributed by atoms with van der Waals surface area (Å²) in [7, 11) is 0. The summed E-state index contributed by atoms with van der Waals surface area (Å²) >= 11 is 0. The number of carbonyl (C=O) groups is 2. The highest BCUT2D eigenvalue weighted by Gasteiger charge is 2.25. The highest BCUT2D eigenvalue weighted by molar-refractivity contribution is 5.86. The molecule has 5 heteroatoms. The predicted octanol–water partition coefficient (Wildman–Crippen LogP) is 1.24. The molecule has 1 heterocycles. The molecule has 1 saturated carbocycles. The first-order chi connectivity index (χ1) is 8.66. The van der Waals surface area contributed by atoms with Crippen molar-refractivity contribution < 1.29 is 9.59 Å². The van der Waals surface area contributed by atoms with E-state index in [4.69, 9.17) is 0 Å². The van der Waals surface area contributed by atoms with Crippen LogP contribution in [0.5, 0.6) is 0 Å². The molecule has 1 aliphatic carbocycles. The Morgan fingerprint density at radius 2 is 1.72 bits per heavy atom. The van der Waals surface area contributed by atoms with E-state index in [1.807, 2.05) is 4.90 Å². The summed E-state index contributed by atoms with van der Waals surface area (Å²) in [6.45, 7) is 3.42. The van der Waals surface area contributed by atoms with E-state index in [0.717, 1.165) is 38.8 Å². The van der Waals surface area contributed by atoms with E-state index in [1.54, 1.807) is 6.92 Å². The normalized spacial score (nSPS) is 21.9. The first-order valence-corrected chi connectivity index (χ1v) is 7.02. The van der Waals surface area contributed by atoms with Crippen molar-refractivity contribution in [2.45, 2.75) is 57.5 Å². The van der Waals surface area contributed by atoms with Gasteiger partial charge in [-0.3, -0.25) is 4.79 Å². The van der Waals surface area contributed by atoms with Gasteiger partial charge in [-0.05, 0) is 32.6 Å². The van der Waals surface area contributed by atoms with E-state index < -0.39 is 6.04 Å². The Morgan fingerprint density at radius 1 is 1.11 bits per heavy atom. The van der Waals surface area contributed by atoms with Crippen molar-refractivity contribution in [3.8, 4) is 0 Å². The van der Waals surface area contributed by atoms with Crippen LogP contribution in [-0.4, -0.2) is 42.0 Å². The Bertz CT molecular complexity index is 307. The van der Waals surface area contributed by atoms with Crippen LogP contribution in [0.25, 0.3) is 0 Å². The van der Waals surface area contributed by atoms with Gasteiger partial charge in [-0.25, -0.2) is 4.79 Å². The second-order valence-corrected chi connectivity index (χ2v) is 5.35.